The Morgan fingerprint density at radius 1 is 1.19 bits per heavy atom. The zero-order valence-electron chi connectivity index (χ0n) is 12.9. The summed E-state index contributed by atoms with van der Waals surface area (Å²) in [5.74, 6) is -0.469. The number of carbonyl (C=O) groups excluding carboxylic acids is 2. The Balaban J connectivity index is 2.47. The molecule has 0 fully saturated rings. The fourth-order valence-corrected chi connectivity index (χ4v) is 1.94. The molecular weight excluding hydrogens is 266 g/mol. The summed E-state index contributed by atoms with van der Waals surface area (Å²) in [6.45, 7) is 5.69. The Hall–Kier alpha value is -1.88. The van der Waals surface area contributed by atoms with E-state index in [0.717, 1.165) is 12.0 Å². The first-order valence-corrected chi connectivity index (χ1v) is 7.33. The second-order valence-electron chi connectivity index (χ2n) is 5.43. The summed E-state index contributed by atoms with van der Waals surface area (Å²) in [5, 5.41) is 5.48. The molecule has 5 heteroatoms. The van der Waals surface area contributed by atoms with Crippen molar-refractivity contribution >= 4 is 11.8 Å². The van der Waals surface area contributed by atoms with Gasteiger partial charge in [-0.3, -0.25) is 9.59 Å². The van der Waals surface area contributed by atoms with Gasteiger partial charge in [-0.1, -0.05) is 51.1 Å². The van der Waals surface area contributed by atoms with E-state index in [1.807, 2.05) is 51.1 Å². The summed E-state index contributed by atoms with van der Waals surface area (Å²) >= 11 is 0. The number of nitrogens with two attached hydrogens (primary N) is 1. The van der Waals surface area contributed by atoms with Gasteiger partial charge >= 0.3 is 0 Å². The predicted molar refractivity (Wildman–Crippen MR) is 83.4 cm³/mol. The molecule has 2 atom stereocenters. The molecule has 0 spiro atoms. The number of rotatable bonds is 7. The Kier molecular flexibility index (Phi) is 6.88. The van der Waals surface area contributed by atoms with Crippen LogP contribution in [0.4, 0.5) is 0 Å². The van der Waals surface area contributed by atoms with Crippen molar-refractivity contribution < 1.29 is 9.59 Å². The third-order valence-electron chi connectivity index (χ3n) is 3.39. The summed E-state index contributed by atoms with van der Waals surface area (Å²) in [5.41, 5.74) is 6.78. The van der Waals surface area contributed by atoms with Gasteiger partial charge < -0.3 is 16.4 Å². The minimum absolute atomic E-state index is 0.0424. The van der Waals surface area contributed by atoms with Crippen LogP contribution in [0, 0.1) is 5.92 Å². The maximum absolute atomic E-state index is 11.9. The lowest BCUT2D eigenvalue weighted by atomic mass is 10.0. The van der Waals surface area contributed by atoms with Crippen LogP contribution in [0.25, 0.3) is 0 Å². The molecule has 0 bridgehead atoms. The van der Waals surface area contributed by atoms with E-state index in [9.17, 15) is 9.59 Å². The summed E-state index contributed by atoms with van der Waals surface area (Å²) in [6.07, 6.45) is 0.787. The average molecular weight is 291 g/mol. The minimum atomic E-state index is -0.589. The van der Waals surface area contributed by atoms with Crippen LogP contribution < -0.4 is 16.4 Å². The van der Waals surface area contributed by atoms with Gasteiger partial charge in [0, 0.05) is 0 Å². The minimum Gasteiger partial charge on any atom is -0.348 e. The largest absolute Gasteiger partial charge is 0.348 e. The quantitative estimate of drug-likeness (QED) is 0.709. The Labute approximate surface area is 126 Å². The zero-order valence-corrected chi connectivity index (χ0v) is 12.9. The van der Waals surface area contributed by atoms with Crippen LogP contribution in [0.3, 0.4) is 0 Å². The third-order valence-corrected chi connectivity index (χ3v) is 3.39. The van der Waals surface area contributed by atoms with Crippen LogP contribution in [-0.2, 0) is 9.59 Å². The van der Waals surface area contributed by atoms with Crippen LogP contribution in [-0.4, -0.2) is 24.4 Å². The summed E-state index contributed by atoms with van der Waals surface area (Å²) in [6, 6.07) is 9.12. The number of nitrogens with one attached hydrogen (secondary N) is 2. The molecule has 1 rings (SSSR count). The van der Waals surface area contributed by atoms with Gasteiger partial charge in [-0.05, 0) is 17.9 Å². The summed E-state index contributed by atoms with van der Waals surface area (Å²) in [7, 11) is 0. The second-order valence-corrected chi connectivity index (χ2v) is 5.43. The molecule has 2 amide bonds. The molecule has 0 saturated heterocycles. The van der Waals surface area contributed by atoms with Crippen molar-refractivity contribution in [2.24, 2.45) is 11.7 Å². The van der Waals surface area contributed by atoms with Crippen molar-refractivity contribution in [2.45, 2.75) is 39.3 Å². The number of benzene rings is 1. The topological polar surface area (TPSA) is 84.2 Å². The van der Waals surface area contributed by atoms with E-state index >= 15 is 0 Å². The van der Waals surface area contributed by atoms with Gasteiger partial charge in [0.25, 0.3) is 0 Å². The Morgan fingerprint density at radius 3 is 2.33 bits per heavy atom. The Bertz CT molecular complexity index is 460. The molecule has 1 aromatic carbocycles. The lowest BCUT2D eigenvalue weighted by molar-refractivity contribution is -0.127. The molecule has 0 aliphatic rings. The van der Waals surface area contributed by atoms with Gasteiger partial charge in [0.1, 0.15) is 0 Å². The molecule has 0 aliphatic carbocycles. The van der Waals surface area contributed by atoms with E-state index in [1.165, 1.54) is 0 Å². The molecule has 0 aliphatic heterocycles. The van der Waals surface area contributed by atoms with Crippen LogP contribution in [0.2, 0.25) is 0 Å². The van der Waals surface area contributed by atoms with Crippen LogP contribution in [0.5, 0.6) is 0 Å². The molecule has 0 saturated carbocycles. The lowest BCUT2D eigenvalue weighted by Crippen LogP contribution is -2.47. The van der Waals surface area contributed by atoms with E-state index < -0.39 is 6.04 Å². The molecule has 0 aromatic heterocycles. The highest BCUT2D eigenvalue weighted by Gasteiger charge is 2.18. The van der Waals surface area contributed by atoms with Gasteiger partial charge in [0.15, 0.2) is 0 Å². The van der Waals surface area contributed by atoms with Gasteiger partial charge in [-0.25, -0.2) is 0 Å². The number of hydrogen-bond donors (Lipinski definition) is 3. The number of hydrogen-bond acceptors (Lipinski definition) is 3. The van der Waals surface area contributed by atoms with Crippen molar-refractivity contribution in [2.75, 3.05) is 6.54 Å². The number of amides is 2. The lowest BCUT2D eigenvalue weighted by Gasteiger charge is -2.19. The first-order valence-electron chi connectivity index (χ1n) is 7.33. The highest BCUT2D eigenvalue weighted by molar-refractivity contribution is 5.87. The maximum Gasteiger partial charge on any atom is 0.239 e. The monoisotopic (exact) mass is 291 g/mol. The first kappa shape index (κ1) is 17.2. The molecular formula is C16H25N3O2. The highest BCUT2D eigenvalue weighted by atomic mass is 16.2. The van der Waals surface area contributed by atoms with Crippen molar-refractivity contribution in [3.8, 4) is 0 Å². The van der Waals surface area contributed by atoms with Crippen molar-refractivity contribution in [3.63, 3.8) is 0 Å². The molecule has 5 nitrogen and oxygen atoms in total. The number of carbonyl (C=O) groups is 2. The van der Waals surface area contributed by atoms with Crippen LogP contribution in [0.1, 0.15) is 38.8 Å². The molecule has 0 radical (unpaired) electrons. The fraction of sp³-hybridized carbons (Fsp3) is 0.500. The van der Waals surface area contributed by atoms with E-state index in [4.69, 9.17) is 5.73 Å². The maximum atomic E-state index is 11.9. The van der Waals surface area contributed by atoms with E-state index in [2.05, 4.69) is 10.6 Å². The van der Waals surface area contributed by atoms with Crippen molar-refractivity contribution in [1.82, 2.24) is 10.6 Å². The van der Waals surface area contributed by atoms with Gasteiger partial charge in [-0.2, -0.15) is 0 Å². The molecule has 0 heterocycles. The van der Waals surface area contributed by atoms with E-state index in [1.54, 1.807) is 0 Å². The smallest absolute Gasteiger partial charge is 0.239 e. The standard InChI is InChI=1S/C16H25N3O2/c1-4-13(12-8-6-5-7-9-12)19-14(20)10-18-16(21)15(17)11(2)3/h5-9,11,13,15H,4,10,17H2,1-3H3,(H,18,21)(H,19,20)/t13?,15-/m0/s1. The van der Waals surface area contributed by atoms with E-state index in [-0.39, 0.29) is 30.3 Å². The van der Waals surface area contributed by atoms with E-state index in [0.29, 0.717) is 0 Å². The van der Waals surface area contributed by atoms with Crippen molar-refractivity contribution in [1.29, 1.82) is 0 Å². The molecule has 1 unspecified atom stereocenters. The van der Waals surface area contributed by atoms with Gasteiger partial charge in [-0.15, -0.1) is 0 Å². The highest BCUT2D eigenvalue weighted by Crippen LogP contribution is 2.15. The SMILES string of the molecule is CCC(NC(=O)CNC(=O)[C@@H](N)C(C)C)c1ccccc1. The molecule has 4 N–H and O–H groups in total. The van der Waals surface area contributed by atoms with Gasteiger partial charge in [0.05, 0.1) is 18.6 Å². The Morgan fingerprint density at radius 2 is 1.81 bits per heavy atom. The molecule has 21 heavy (non-hydrogen) atoms. The van der Waals surface area contributed by atoms with Crippen LogP contribution in [0.15, 0.2) is 30.3 Å². The average Bonchev–Trinajstić information content (AvgIpc) is 2.50. The normalized spacial score (nSPS) is 13.6. The van der Waals surface area contributed by atoms with Crippen LogP contribution >= 0.6 is 0 Å². The molecule has 1 aromatic rings. The zero-order chi connectivity index (χ0) is 15.8. The summed E-state index contributed by atoms with van der Waals surface area (Å²) < 4.78 is 0. The summed E-state index contributed by atoms with van der Waals surface area (Å²) in [4.78, 5) is 23.6. The first-order chi connectivity index (χ1) is 9.95. The third kappa shape index (κ3) is 5.55. The fourth-order valence-electron chi connectivity index (χ4n) is 1.94. The predicted octanol–water partition coefficient (Wildman–Crippen LogP) is 1.35. The van der Waals surface area contributed by atoms with Crippen molar-refractivity contribution in [3.05, 3.63) is 35.9 Å². The molecule has 116 valence electrons. The second kappa shape index (κ2) is 8.42. The van der Waals surface area contributed by atoms with Gasteiger partial charge in [0.2, 0.25) is 11.8 Å².